The SMILES string of the molecule is [2H]C1N(c2ccccc2C)C(C)=C2C=CC(C3CCCCC3)(C3CCCC3)N21.[2H]C1N(c2ccccc2C)C(C)=C2C=CC(C3CCCCC3)(C3CCCCC3)N21.[2H]C1N(c2ccccc2C)C(C)=C2C=CC([2H])(C3CCCCC3)N21.[2H]C1N(c2ccccc2C)C(C)=C2C=CC(c3ccccc3)(C3CCCCC3)N21. The summed E-state index contributed by atoms with van der Waals surface area (Å²) in [5.74, 6) is 3.69. The highest BCUT2D eigenvalue weighted by Crippen LogP contribution is 2.58. The van der Waals surface area contributed by atoms with Crippen LogP contribution in [0.5, 0.6) is 0 Å². The van der Waals surface area contributed by atoms with Gasteiger partial charge in [0, 0.05) is 45.5 Å². The van der Waals surface area contributed by atoms with E-state index in [0.29, 0.717) is 35.5 Å². The first kappa shape index (κ1) is 65.7. The maximum atomic E-state index is 9.44. The third kappa shape index (κ3) is 13.1. The molecule has 14 aliphatic rings. The molecule has 554 valence electrons. The van der Waals surface area contributed by atoms with Crippen molar-refractivity contribution in [3.63, 3.8) is 0 Å². The van der Waals surface area contributed by atoms with E-state index in [9.17, 15) is 5.48 Å². The first-order chi connectivity index (χ1) is 53.5. The molecule has 6 saturated carbocycles. The van der Waals surface area contributed by atoms with Gasteiger partial charge in [0.15, 0.2) is 0 Å². The first-order valence-electron chi connectivity index (χ1n) is 44.7. The highest BCUT2D eigenvalue weighted by molar-refractivity contribution is 5.66. The predicted molar refractivity (Wildman–Crippen MR) is 441 cm³/mol. The van der Waals surface area contributed by atoms with Crippen LogP contribution in [0.3, 0.4) is 0 Å². The van der Waals surface area contributed by atoms with Crippen molar-refractivity contribution in [1.29, 1.82) is 0 Å². The van der Waals surface area contributed by atoms with Gasteiger partial charge in [0.2, 0.25) is 0 Å². The normalized spacial score (nSPS) is 30.5. The fourth-order valence-corrected chi connectivity index (χ4v) is 22.5. The Balaban J connectivity index is 0.000000112. The molecule has 0 radical (unpaired) electrons. The summed E-state index contributed by atoms with van der Waals surface area (Å²) in [6.07, 6.45) is 56.8. The van der Waals surface area contributed by atoms with Crippen molar-refractivity contribution in [2.45, 2.75) is 264 Å². The van der Waals surface area contributed by atoms with Crippen LogP contribution in [0.1, 0.15) is 249 Å². The maximum Gasteiger partial charge on any atom is 0.0961 e. The molecular weight excluding hydrogens is 1280 g/mol. The van der Waals surface area contributed by atoms with Crippen molar-refractivity contribution in [3.05, 3.63) is 249 Å². The summed E-state index contributed by atoms with van der Waals surface area (Å²) in [6, 6.07) is 44.0. The van der Waals surface area contributed by atoms with E-state index < -0.39 is 19.3 Å². The molecule has 0 aromatic heterocycles. The number of fused-ring (bicyclic) bond motifs is 4. The molecule has 0 saturated heterocycles. The lowest BCUT2D eigenvalue weighted by atomic mass is 9.64. The van der Waals surface area contributed by atoms with Gasteiger partial charge in [-0.3, -0.25) is 0 Å². The van der Waals surface area contributed by atoms with Gasteiger partial charge in [0.05, 0.1) is 78.9 Å². The number of rotatable bonds is 11. The number of allylic oxidation sites excluding steroid dienone is 8. The molecule has 0 amide bonds. The predicted octanol–water partition coefficient (Wildman–Crippen LogP) is 24.3. The molecular formula is C97H126N8. The molecule has 8 heteroatoms. The molecule has 8 heterocycles. The topological polar surface area (TPSA) is 25.9 Å². The molecule has 5 aromatic rings. The third-order valence-electron chi connectivity index (χ3n) is 28.1. The van der Waals surface area contributed by atoms with Crippen LogP contribution in [0.4, 0.5) is 22.7 Å². The van der Waals surface area contributed by atoms with Gasteiger partial charge in [-0.2, -0.15) is 0 Å². The minimum atomic E-state index is -0.763. The molecule has 5 aromatic carbocycles. The molecule has 0 N–H and O–H groups in total. The van der Waals surface area contributed by atoms with Gasteiger partial charge in [0.1, 0.15) is 0 Å². The van der Waals surface area contributed by atoms with Gasteiger partial charge in [-0.25, -0.2) is 0 Å². The van der Waals surface area contributed by atoms with Crippen molar-refractivity contribution in [2.24, 2.45) is 35.5 Å². The van der Waals surface area contributed by atoms with Crippen molar-refractivity contribution in [3.8, 4) is 0 Å². The minimum absolute atomic E-state index is 0.0568. The highest BCUT2D eigenvalue weighted by atomic mass is 15.4. The summed E-state index contributed by atoms with van der Waals surface area (Å²) < 4.78 is 46.3. The van der Waals surface area contributed by atoms with Gasteiger partial charge < -0.3 is 39.2 Å². The van der Waals surface area contributed by atoms with E-state index in [1.54, 1.807) is 0 Å². The number of hydrogen-bond acceptors (Lipinski definition) is 8. The summed E-state index contributed by atoms with van der Waals surface area (Å²) >= 11 is 0. The second kappa shape index (κ2) is 30.9. The number of aryl methyl sites for hydroxylation is 4. The second-order valence-corrected chi connectivity index (χ2v) is 33.8. The average Bonchev–Trinajstić information content (AvgIpc) is 1.56. The van der Waals surface area contributed by atoms with Crippen LogP contribution in [-0.4, -0.2) is 63.3 Å². The fourth-order valence-electron chi connectivity index (χ4n) is 22.5. The summed E-state index contributed by atoms with van der Waals surface area (Å²) in [4.78, 5) is 18.4. The van der Waals surface area contributed by atoms with Crippen LogP contribution in [0.15, 0.2) is 222 Å². The standard InChI is InChI=1S/C26H36N2.C26H30N2.C25H34N2.C20H26N2/c2*1-20-11-9-10-16-24(20)27-19-28-25(21(27)2)17-18-26(28,22-12-5-3-6-13-22)23-14-7-4-8-15-23;1-19-10-6-9-15-23(19)26-18-27-24(20(26)2)16-17-25(27,22-13-7-8-14-22)21-11-4-3-5-12-21;1-15-8-6-7-11-18(15)21-14-22-19(16(21)2)12-13-20(22)17-9-4-3-5-10-17/h9-11,16-18,22-23H,3-8,12-15,19H2,1-2H3;3,5-6,9-13,16-18,23H,4,7-8,14-15,19H2,1-2H3;6,9-10,15-17,21-22H,3-5,7-8,11-14,18H2,1-2H3;6-8,11-13,17,20H,3-5,9-10,14H2,1-2H3/i2*19D;18D;14D,20D. The molecule has 105 heavy (non-hydrogen) atoms. The summed E-state index contributed by atoms with van der Waals surface area (Å²) in [5.41, 5.74) is 20.4. The molecule has 6 aliphatic carbocycles. The Hall–Kier alpha value is -7.58. The zero-order valence-corrected chi connectivity index (χ0v) is 65.1. The Labute approximate surface area is 641 Å². The summed E-state index contributed by atoms with van der Waals surface area (Å²) in [5, 5.41) is 0. The van der Waals surface area contributed by atoms with Crippen LogP contribution in [0, 0.1) is 63.2 Å². The Morgan fingerprint density at radius 3 is 1.00 bits per heavy atom. The van der Waals surface area contributed by atoms with E-state index >= 15 is 0 Å². The third-order valence-corrected chi connectivity index (χ3v) is 28.1. The maximum absolute atomic E-state index is 9.44. The summed E-state index contributed by atoms with van der Waals surface area (Å²) in [7, 11) is 0. The number of hydrogen-bond donors (Lipinski definition) is 0. The average molecular weight is 1410 g/mol. The second-order valence-electron chi connectivity index (χ2n) is 33.8. The number of para-hydroxylation sites is 4. The van der Waals surface area contributed by atoms with E-state index in [1.807, 2.05) is 23.1 Å². The van der Waals surface area contributed by atoms with Crippen molar-refractivity contribution >= 4 is 22.7 Å². The Kier molecular flexibility index (Phi) is 19.4. The van der Waals surface area contributed by atoms with Gasteiger partial charge in [-0.1, -0.05) is 237 Å². The number of nitrogens with zero attached hydrogens (tertiary/aromatic N) is 8. The van der Waals surface area contributed by atoms with Crippen molar-refractivity contribution in [2.75, 3.05) is 46.2 Å². The lowest BCUT2D eigenvalue weighted by molar-refractivity contribution is 0.0309. The monoisotopic (exact) mass is 1410 g/mol. The Morgan fingerprint density at radius 1 is 0.305 bits per heavy atom. The number of anilines is 4. The van der Waals surface area contributed by atoms with E-state index in [-0.39, 0.29) is 29.9 Å². The Morgan fingerprint density at radius 2 is 0.610 bits per heavy atom. The smallest absolute Gasteiger partial charge is 0.0961 e. The van der Waals surface area contributed by atoms with E-state index in [1.165, 1.54) is 247 Å². The van der Waals surface area contributed by atoms with Gasteiger partial charge in [-0.15, -0.1) is 0 Å². The van der Waals surface area contributed by atoms with Crippen LogP contribution in [-0.2, 0) is 5.54 Å². The quantitative estimate of drug-likeness (QED) is 0.129. The molecule has 7 unspecified atom stereocenters. The zero-order chi connectivity index (χ0) is 76.2. The molecule has 19 rings (SSSR count). The van der Waals surface area contributed by atoms with Crippen molar-refractivity contribution in [1.82, 2.24) is 19.6 Å². The fraction of sp³-hybridized carbons (Fsp3) is 0.526. The molecule has 0 spiro atoms. The first-order valence-corrected chi connectivity index (χ1v) is 41.9. The van der Waals surface area contributed by atoms with Crippen LogP contribution in [0.25, 0.3) is 0 Å². The Bertz CT molecular complexity index is 4360. The number of benzene rings is 5. The van der Waals surface area contributed by atoms with E-state index in [0.717, 1.165) is 35.6 Å². The molecule has 8 aliphatic heterocycles. The zero-order valence-electron chi connectivity index (χ0n) is 70.1. The van der Waals surface area contributed by atoms with E-state index in [4.69, 9.17) is 1.37 Å². The van der Waals surface area contributed by atoms with Crippen LogP contribution in [0.2, 0.25) is 0 Å². The van der Waals surface area contributed by atoms with Gasteiger partial charge >= 0.3 is 0 Å². The lowest BCUT2D eigenvalue weighted by Gasteiger charge is -2.52. The highest BCUT2D eigenvalue weighted by Gasteiger charge is 2.56. The van der Waals surface area contributed by atoms with E-state index in [2.05, 4.69) is 247 Å². The molecule has 0 bridgehead atoms. The van der Waals surface area contributed by atoms with Crippen LogP contribution >= 0.6 is 0 Å². The lowest BCUT2D eigenvalue weighted by Crippen LogP contribution is -2.56. The van der Waals surface area contributed by atoms with Gasteiger partial charge in [0.25, 0.3) is 0 Å². The molecule has 8 nitrogen and oxygen atoms in total. The molecule has 7 atom stereocenters. The van der Waals surface area contributed by atoms with Crippen LogP contribution < -0.4 is 19.6 Å². The van der Waals surface area contributed by atoms with Gasteiger partial charge in [-0.05, 0) is 244 Å². The summed E-state index contributed by atoms with van der Waals surface area (Å²) in [6.45, 7) is 15.6. The molecule has 6 fully saturated rings. The largest absolute Gasteiger partial charge is 0.345 e. The van der Waals surface area contributed by atoms with Crippen molar-refractivity contribution < 1.29 is 6.85 Å². The minimum Gasteiger partial charge on any atom is -0.345 e.